The third-order valence-electron chi connectivity index (χ3n) is 4.32. The Kier molecular flexibility index (Phi) is 3.43. The predicted octanol–water partition coefficient (Wildman–Crippen LogP) is 1.66. The summed E-state index contributed by atoms with van der Waals surface area (Å²) in [4.78, 5) is 17.7. The average Bonchev–Trinajstić information content (AvgIpc) is 2.79. The van der Waals surface area contributed by atoms with Gasteiger partial charge in [-0.05, 0) is 17.7 Å². The van der Waals surface area contributed by atoms with Crippen molar-refractivity contribution in [1.29, 1.82) is 5.26 Å². The van der Waals surface area contributed by atoms with Gasteiger partial charge in [0, 0.05) is 12.1 Å². The van der Waals surface area contributed by atoms with E-state index in [1.807, 2.05) is 30.3 Å². The molecule has 4 rings (SSSR count). The molecule has 7 nitrogen and oxygen atoms in total. The Bertz CT molecular complexity index is 1080. The van der Waals surface area contributed by atoms with Crippen molar-refractivity contribution in [3.63, 3.8) is 0 Å². The van der Waals surface area contributed by atoms with E-state index in [4.69, 9.17) is 5.73 Å². The van der Waals surface area contributed by atoms with Crippen molar-refractivity contribution in [2.45, 2.75) is 5.92 Å². The van der Waals surface area contributed by atoms with E-state index in [9.17, 15) is 10.1 Å². The van der Waals surface area contributed by atoms with Gasteiger partial charge in [-0.3, -0.25) is 14.6 Å². The normalized spacial score (nSPS) is 19.2. The highest BCUT2D eigenvalue weighted by molar-refractivity contribution is 5.88. The van der Waals surface area contributed by atoms with Gasteiger partial charge >= 0.3 is 0 Å². The van der Waals surface area contributed by atoms with E-state index in [0.717, 1.165) is 5.56 Å². The van der Waals surface area contributed by atoms with Gasteiger partial charge < -0.3 is 5.73 Å². The Balaban J connectivity index is 2.08. The van der Waals surface area contributed by atoms with Crippen LogP contribution >= 0.6 is 0 Å². The molecule has 0 spiro atoms. The van der Waals surface area contributed by atoms with Crippen LogP contribution in [0.1, 0.15) is 17.0 Å². The number of nitrogens with zero attached hydrogens (tertiary/aromatic N) is 4. The van der Waals surface area contributed by atoms with Gasteiger partial charge in [0.05, 0.1) is 11.6 Å². The number of hydrogen-bond acceptors (Lipinski definition) is 6. The molecule has 25 heavy (non-hydrogen) atoms. The standard InChI is InChI=1S/C18H14N6O/c19-10-12-14(11-6-2-1-3-7-11)15-17(23-22-16(12)20)21-13-8-4-5-9-24(13)18(15)25/h1-9,12,14,23H,(H2,20,22). The van der Waals surface area contributed by atoms with E-state index in [-0.39, 0.29) is 11.4 Å². The van der Waals surface area contributed by atoms with Crippen LogP contribution in [0.2, 0.25) is 0 Å². The first-order valence-corrected chi connectivity index (χ1v) is 7.75. The van der Waals surface area contributed by atoms with Gasteiger partial charge in [0.1, 0.15) is 17.4 Å². The van der Waals surface area contributed by atoms with Crippen LogP contribution in [0.25, 0.3) is 5.65 Å². The number of nitrogens with one attached hydrogen (secondary N) is 1. The highest BCUT2D eigenvalue weighted by Gasteiger charge is 2.35. The fourth-order valence-corrected chi connectivity index (χ4v) is 3.15. The van der Waals surface area contributed by atoms with Crippen molar-refractivity contribution in [1.82, 2.24) is 9.38 Å². The second-order valence-corrected chi connectivity index (χ2v) is 5.75. The summed E-state index contributed by atoms with van der Waals surface area (Å²) in [5, 5.41) is 13.7. The number of pyridine rings is 1. The van der Waals surface area contributed by atoms with Gasteiger partial charge in [0.15, 0.2) is 5.82 Å². The molecule has 0 amide bonds. The van der Waals surface area contributed by atoms with Gasteiger partial charge in [-0.2, -0.15) is 10.4 Å². The molecule has 1 aliphatic rings. The van der Waals surface area contributed by atoms with Crippen molar-refractivity contribution >= 4 is 17.3 Å². The predicted molar refractivity (Wildman–Crippen MR) is 94.1 cm³/mol. The molecule has 1 aromatic carbocycles. The van der Waals surface area contributed by atoms with E-state index < -0.39 is 11.8 Å². The van der Waals surface area contributed by atoms with Crippen LogP contribution in [0.4, 0.5) is 5.82 Å². The maximum Gasteiger partial charge on any atom is 0.263 e. The third-order valence-corrected chi connectivity index (χ3v) is 4.32. The zero-order valence-corrected chi connectivity index (χ0v) is 13.1. The van der Waals surface area contributed by atoms with Crippen molar-refractivity contribution in [2.75, 3.05) is 5.43 Å². The molecule has 0 bridgehead atoms. The second kappa shape index (κ2) is 5.76. The summed E-state index contributed by atoms with van der Waals surface area (Å²) in [6.45, 7) is 0. The summed E-state index contributed by atoms with van der Waals surface area (Å²) in [5.74, 6) is -0.877. The molecule has 0 aliphatic carbocycles. The molecule has 0 radical (unpaired) electrons. The number of hydrazone groups is 1. The van der Waals surface area contributed by atoms with Crippen LogP contribution in [0.5, 0.6) is 0 Å². The van der Waals surface area contributed by atoms with Crippen molar-refractivity contribution < 1.29 is 0 Å². The number of hydrogen-bond donors (Lipinski definition) is 2. The molecular weight excluding hydrogens is 316 g/mol. The fraction of sp³-hybridized carbons (Fsp3) is 0.111. The number of rotatable bonds is 1. The minimum absolute atomic E-state index is 0.128. The monoisotopic (exact) mass is 330 g/mol. The van der Waals surface area contributed by atoms with Crippen LogP contribution in [0.15, 0.2) is 64.6 Å². The lowest BCUT2D eigenvalue weighted by atomic mass is 9.81. The molecule has 2 aromatic heterocycles. The smallest absolute Gasteiger partial charge is 0.263 e. The molecule has 7 heteroatoms. The Hall–Kier alpha value is -3.66. The largest absolute Gasteiger partial charge is 0.385 e. The Labute approximate surface area is 143 Å². The molecule has 2 atom stereocenters. The zero-order chi connectivity index (χ0) is 17.4. The first kappa shape index (κ1) is 14.9. The van der Waals surface area contributed by atoms with E-state index >= 15 is 0 Å². The van der Waals surface area contributed by atoms with Crippen LogP contribution in [-0.2, 0) is 0 Å². The number of nitriles is 1. The summed E-state index contributed by atoms with van der Waals surface area (Å²) in [6, 6.07) is 16.8. The topological polar surface area (TPSA) is 109 Å². The molecular formula is C18H14N6O. The number of aromatic nitrogens is 2. The fourth-order valence-electron chi connectivity index (χ4n) is 3.15. The first-order valence-electron chi connectivity index (χ1n) is 7.75. The van der Waals surface area contributed by atoms with Crippen LogP contribution in [0, 0.1) is 17.2 Å². The van der Waals surface area contributed by atoms with Crippen LogP contribution < -0.4 is 16.7 Å². The van der Waals surface area contributed by atoms with Crippen LogP contribution in [-0.4, -0.2) is 15.2 Å². The Morgan fingerprint density at radius 1 is 1.16 bits per heavy atom. The first-order chi connectivity index (χ1) is 12.2. The lowest BCUT2D eigenvalue weighted by Crippen LogP contribution is -2.31. The zero-order valence-electron chi connectivity index (χ0n) is 13.1. The maximum absolute atomic E-state index is 13.2. The van der Waals surface area contributed by atoms with Gasteiger partial charge in [0.2, 0.25) is 0 Å². The highest BCUT2D eigenvalue weighted by atomic mass is 16.1. The third kappa shape index (κ3) is 2.32. The Morgan fingerprint density at radius 2 is 1.92 bits per heavy atom. The summed E-state index contributed by atoms with van der Waals surface area (Å²) < 4.78 is 1.46. The highest BCUT2D eigenvalue weighted by Crippen LogP contribution is 2.35. The molecule has 3 N–H and O–H groups in total. The summed E-state index contributed by atoms with van der Waals surface area (Å²) in [5.41, 5.74) is 10.2. The van der Waals surface area contributed by atoms with E-state index in [0.29, 0.717) is 17.0 Å². The van der Waals surface area contributed by atoms with E-state index in [1.54, 1.807) is 24.4 Å². The average molecular weight is 330 g/mol. The summed E-state index contributed by atoms with van der Waals surface area (Å²) in [6.07, 6.45) is 1.66. The minimum Gasteiger partial charge on any atom is -0.385 e. The number of nitrogens with two attached hydrogens (primary N) is 1. The molecule has 122 valence electrons. The molecule has 0 fully saturated rings. The van der Waals surface area contributed by atoms with Crippen molar-refractivity contribution in [3.8, 4) is 6.07 Å². The Morgan fingerprint density at radius 3 is 2.68 bits per heavy atom. The molecule has 0 saturated heterocycles. The van der Waals surface area contributed by atoms with Gasteiger partial charge in [-0.1, -0.05) is 36.4 Å². The van der Waals surface area contributed by atoms with E-state index in [1.165, 1.54) is 4.40 Å². The number of amidine groups is 1. The summed E-state index contributed by atoms with van der Waals surface area (Å²) in [7, 11) is 0. The van der Waals surface area contributed by atoms with Gasteiger partial charge in [-0.25, -0.2) is 4.98 Å². The lowest BCUT2D eigenvalue weighted by molar-refractivity contribution is 0.716. The quantitative estimate of drug-likeness (QED) is 0.705. The van der Waals surface area contributed by atoms with Crippen LogP contribution in [0.3, 0.4) is 0 Å². The minimum atomic E-state index is -0.771. The maximum atomic E-state index is 13.2. The number of anilines is 1. The molecule has 1 aliphatic heterocycles. The number of benzene rings is 1. The summed E-state index contributed by atoms with van der Waals surface area (Å²) >= 11 is 0. The number of fused-ring (bicyclic) bond motifs is 2. The molecule has 3 aromatic rings. The van der Waals surface area contributed by atoms with Gasteiger partial charge in [0.25, 0.3) is 5.56 Å². The SMILES string of the molecule is N#CC1C(N)=NNc2nc3ccccn3c(=O)c2C1c1ccccc1. The van der Waals surface area contributed by atoms with Crippen molar-refractivity contribution in [3.05, 3.63) is 76.2 Å². The molecule has 3 heterocycles. The van der Waals surface area contributed by atoms with Gasteiger partial charge in [-0.15, -0.1) is 0 Å². The van der Waals surface area contributed by atoms with Crippen molar-refractivity contribution in [2.24, 2.45) is 16.8 Å². The molecule has 0 saturated carbocycles. The van der Waals surface area contributed by atoms with E-state index in [2.05, 4.69) is 21.6 Å². The lowest BCUT2D eigenvalue weighted by Gasteiger charge is -2.21. The second-order valence-electron chi connectivity index (χ2n) is 5.75. The molecule has 2 unspecified atom stereocenters.